The number of nitrogens with zero attached hydrogens (tertiary/aromatic N) is 2. The SMILES string of the molecule is CCc1ccc(NC(=O)N2CCC[C@H]2C(=O)N=S(C)(C)=O)cc1. The van der Waals surface area contributed by atoms with E-state index in [1.807, 2.05) is 24.3 Å². The topological polar surface area (TPSA) is 78.8 Å². The second-order valence-electron chi connectivity index (χ2n) is 5.94. The highest BCUT2D eigenvalue weighted by Crippen LogP contribution is 2.21. The molecule has 0 aromatic heterocycles. The number of anilines is 1. The predicted octanol–water partition coefficient (Wildman–Crippen LogP) is 2.50. The van der Waals surface area contributed by atoms with Crippen molar-refractivity contribution < 1.29 is 13.8 Å². The molecule has 0 unspecified atom stereocenters. The first-order valence-corrected chi connectivity index (χ1v) is 10.0. The minimum Gasteiger partial charge on any atom is -0.312 e. The normalized spacial score (nSPS) is 17.9. The Bertz CT molecular complexity index is 698. The zero-order chi connectivity index (χ0) is 17.0. The van der Waals surface area contributed by atoms with Gasteiger partial charge in [-0.05, 0) is 37.0 Å². The van der Waals surface area contributed by atoms with Crippen LogP contribution in [0.2, 0.25) is 0 Å². The number of hydrogen-bond acceptors (Lipinski definition) is 3. The van der Waals surface area contributed by atoms with Gasteiger partial charge in [0, 0.05) is 34.5 Å². The maximum atomic E-state index is 12.4. The quantitative estimate of drug-likeness (QED) is 0.920. The molecule has 0 radical (unpaired) electrons. The van der Waals surface area contributed by atoms with Crippen molar-refractivity contribution >= 4 is 27.4 Å². The molecule has 23 heavy (non-hydrogen) atoms. The van der Waals surface area contributed by atoms with Gasteiger partial charge in [-0.3, -0.25) is 4.79 Å². The summed E-state index contributed by atoms with van der Waals surface area (Å²) in [4.78, 5) is 26.0. The maximum Gasteiger partial charge on any atom is 0.322 e. The minimum atomic E-state index is -2.51. The van der Waals surface area contributed by atoms with Crippen molar-refractivity contribution in [2.24, 2.45) is 4.36 Å². The lowest BCUT2D eigenvalue weighted by molar-refractivity contribution is -0.121. The van der Waals surface area contributed by atoms with E-state index in [-0.39, 0.29) is 6.03 Å². The number of likely N-dealkylation sites (tertiary alicyclic amines) is 1. The summed E-state index contributed by atoms with van der Waals surface area (Å²) in [6.45, 7) is 2.57. The molecule has 1 aromatic carbocycles. The van der Waals surface area contributed by atoms with Crippen molar-refractivity contribution in [2.45, 2.75) is 32.2 Å². The van der Waals surface area contributed by atoms with E-state index in [0.717, 1.165) is 12.8 Å². The summed E-state index contributed by atoms with van der Waals surface area (Å²) in [6.07, 6.45) is 5.06. The Morgan fingerprint density at radius 2 is 1.96 bits per heavy atom. The Kier molecular flexibility index (Phi) is 5.41. The van der Waals surface area contributed by atoms with E-state index in [1.54, 1.807) is 0 Å². The molecule has 3 amide bonds. The minimum absolute atomic E-state index is 0.320. The van der Waals surface area contributed by atoms with Gasteiger partial charge in [-0.25, -0.2) is 9.00 Å². The molecule has 1 aliphatic rings. The zero-order valence-corrected chi connectivity index (χ0v) is 14.6. The van der Waals surface area contributed by atoms with Gasteiger partial charge in [-0.15, -0.1) is 0 Å². The van der Waals surface area contributed by atoms with Crippen LogP contribution in [0.15, 0.2) is 28.6 Å². The first-order valence-electron chi connectivity index (χ1n) is 7.67. The van der Waals surface area contributed by atoms with Gasteiger partial charge in [-0.1, -0.05) is 19.1 Å². The third-order valence-electron chi connectivity index (χ3n) is 3.72. The Balaban J connectivity index is 2.08. The smallest absolute Gasteiger partial charge is 0.312 e. The van der Waals surface area contributed by atoms with Crippen LogP contribution < -0.4 is 5.32 Å². The van der Waals surface area contributed by atoms with Crippen LogP contribution in [-0.4, -0.2) is 46.1 Å². The largest absolute Gasteiger partial charge is 0.322 e. The van der Waals surface area contributed by atoms with E-state index in [2.05, 4.69) is 16.6 Å². The van der Waals surface area contributed by atoms with Gasteiger partial charge in [0.1, 0.15) is 6.04 Å². The van der Waals surface area contributed by atoms with Gasteiger partial charge in [0.2, 0.25) is 0 Å². The van der Waals surface area contributed by atoms with Crippen LogP contribution in [0.1, 0.15) is 25.3 Å². The number of rotatable bonds is 3. The zero-order valence-electron chi connectivity index (χ0n) is 13.7. The molecule has 2 rings (SSSR count). The molecule has 0 aliphatic carbocycles. The van der Waals surface area contributed by atoms with Crippen LogP contribution >= 0.6 is 0 Å². The van der Waals surface area contributed by atoms with Gasteiger partial charge < -0.3 is 10.2 Å². The molecule has 1 saturated heterocycles. The first-order chi connectivity index (χ1) is 10.8. The highest BCUT2D eigenvalue weighted by Gasteiger charge is 2.34. The van der Waals surface area contributed by atoms with Gasteiger partial charge in [0.15, 0.2) is 0 Å². The summed E-state index contributed by atoms with van der Waals surface area (Å²) in [5.74, 6) is -0.478. The number of nitrogens with one attached hydrogen (secondary N) is 1. The molecule has 126 valence electrons. The highest BCUT2D eigenvalue weighted by atomic mass is 32.2. The van der Waals surface area contributed by atoms with Crippen molar-refractivity contribution in [3.05, 3.63) is 29.8 Å². The van der Waals surface area contributed by atoms with E-state index in [4.69, 9.17) is 0 Å². The van der Waals surface area contributed by atoms with Crippen molar-refractivity contribution in [3.63, 3.8) is 0 Å². The predicted molar refractivity (Wildman–Crippen MR) is 92.0 cm³/mol. The van der Waals surface area contributed by atoms with Crippen LogP contribution in [0.4, 0.5) is 10.5 Å². The van der Waals surface area contributed by atoms with E-state index in [0.29, 0.717) is 18.7 Å². The van der Waals surface area contributed by atoms with Crippen molar-refractivity contribution in [2.75, 3.05) is 24.4 Å². The average Bonchev–Trinajstić information content (AvgIpc) is 2.96. The van der Waals surface area contributed by atoms with Gasteiger partial charge in [0.25, 0.3) is 5.91 Å². The lowest BCUT2D eigenvalue weighted by Crippen LogP contribution is -2.42. The fourth-order valence-corrected chi connectivity index (χ4v) is 3.12. The van der Waals surface area contributed by atoms with Gasteiger partial charge >= 0.3 is 6.03 Å². The number of aryl methyl sites for hydroxylation is 1. The second kappa shape index (κ2) is 7.12. The van der Waals surface area contributed by atoms with E-state index < -0.39 is 21.7 Å². The first kappa shape index (κ1) is 17.5. The molecule has 0 bridgehead atoms. The van der Waals surface area contributed by atoms with Crippen molar-refractivity contribution in [1.29, 1.82) is 0 Å². The molecule has 7 heteroatoms. The van der Waals surface area contributed by atoms with Crippen LogP contribution in [0.5, 0.6) is 0 Å². The number of carbonyl (C=O) groups excluding carboxylic acids is 2. The fourth-order valence-electron chi connectivity index (χ4n) is 2.56. The van der Waals surface area contributed by atoms with E-state index in [9.17, 15) is 13.8 Å². The second-order valence-corrected chi connectivity index (χ2v) is 8.49. The standard InChI is InChI=1S/C16H23N3O3S/c1-4-12-7-9-13(10-8-12)17-16(21)19-11-5-6-14(19)15(20)18-23(2,3)22/h7-10,14H,4-6,11H2,1-3H3,(H,17,21)/t14-/m0/s1. The van der Waals surface area contributed by atoms with Crippen molar-refractivity contribution in [3.8, 4) is 0 Å². The molecule has 6 nitrogen and oxygen atoms in total. The van der Waals surface area contributed by atoms with Gasteiger partial charge in [0.05, 0.1) is 0 Å². The fraction of sp³-hybridized carbons (Fsp3) is 0.500. The lowest BCUT2D eigenvalue weighted by atomic mass is 10.1. The number of urea groups is 1. The maximum absolute atomic E-state index is 12.4. The Morgan fingerprint density at radius 1 is 1.30 bits per heavy atom. The molecule has 0 spiro atoms. The van der Waals surface area contributed by atoms with Crippen molar-refractivity contribution in [1.82, 2.24) is 4.90 Å². The summed E-state index contributed by atoms with van der Waals surface area (Å²) < 4.78 is 15.4. The molecule has 1 aromatic rings. The molecule has 1 atom stereocenters. The molecular weight excluding hydrogens is 314 g/mol. The molecule has 1 aliphatic heterocycles. The summed E-state index contributed by atoms with van der Waals surface area (Å²) in [5.41, 5.74) is 1.88. The van der Waals surface area contributed by atoms with E-state index in [1.165, 1.54) is 23.0 Å². The van der Waals surface area contributed by atoms with Crippen LogP contribution in [0, 0.1) is 0 Å². The molecule has 0 saturated carbocycles. The summed E-state index contributed by atoms with van der Waals surface area (Å²) in [5, 5.41) is 2.80. The molecular formula is C16H23N3O3S. The molecule has 1 N–H and O–H groups in total. The average molecular weight is 337 g/mol. The van der Waals surface area contributed by atoms with Crippen LogP contribution in [0.3, 0.4) is 0 Å². The summed E-state index contributed by atoms with van der Waals surface area (Å²) >= 11 is 0. The lowest BCUT2D eigenvalue weighted by Gasteiger charge is -2.22. The monoisotopic (exact) mass is 337 g/mol. The van der Waals surface area contributed by atoms with Crippen LogP contribution in [0.25, 0.3) is 0 Å². The number of benzene rings is 1. The number of hydrogen-bond donors (Lipinski definition) is 1. The molecule has 1 fully saturated rings. The Hall–Kier alpha value is -1.89. The summed E-state index contributed by atoms with van der Waals surface area (Å²) in [7, 11) is -2.51. The Labute approximate surface area is 137 Å². The third kappa shape index (κ3) is 4.79. The number of carbonyl (C=O) groups is 2. The van der Waals surface area contributed by atoms with Crippen LogP contribution in [-0.2, 0) is 20.9 Å². The van der Waals surface area contributed by atoms with E-state index >= 15 is 0 Å². The highest BCUT2D eigenvalue weighted by molar-refractivity contribution is 7.92. The third-order valence-corrected chi connectivity index (χ3v) is 4.34. The van der Waals surface area contributed by atoms with Gasteiger partial charge in [-0.2, -0.15) is 4.36 Å². The Morgan fingerprint density at radius 3 is 2.52 bits per heavy atom. The summed E-state index contributed by atoms with van der Waals surface area (Å²) in [6, 6.07) is 6.67. The molecule has 1 heterocycles. The number of amides is 3.